The van der Waals surface area contributed by atoms with Crippen LogP contribution in [0.25, 0.3) is 5.65 Å². The summed E-state index contributed by atoms with van der Waals surface area (Å²) >= 11 is 0. The fourth-order valence-corrected chi connectivity index (χ4v) is 2.71. The van der Waals surface area contributed by atoms with Crippen molar-refractivity contribution in [3.63, 3.8) is 0 Å². The van der Waals surface area contributed by atoms with Gasteiger partial charge in [0, 0.05) is 45.7 Å². The molecule has 3 aromatic heterocycles. The Morgan fingerprint density at radius 1 is 1.25 bits per heavy atom. The summed E-state index contributed by atoms with van der Waals surface area (Å²) in [6.45, 7) is 2.83. The molecule has 4 rings (SSSR count). The van der Waals surface area contributed by atoms with Crippen molar-refractivity contribution in [3.05, 3.63) is 30.9 Å². The van der Waals surface area contributed by atoms with Crippen LogP contribution in [0.15, 0.2) is 30.9 Å². The Morgan fingerprint density at radius 2 is 2.12 bits per heavy atom. The van der Waals surface area contributed by atoms with Crippen LogP contribution in [0.5, 0.6) is 0 Å². The predicted octanol–water partition coefficient (Wildman–Crippen LogP) is 0.529. The molecule has 0 spiro atoms. The summed E-state index contributed by atoms with van der Waals surface area (Å²) < 4.78 is 1.70. The van der Waals surface area contributed by atoms with Gasteiger partial charge in [-0.1, -0.05) is 0 Å². The average molecular weight is 325 g/mol. The van der Waals surface area contributed by atoms with E-state index in [0.717, 1.165) is 42.7 Å². The van der Waals surface area contributed by atoms with Gasteiger partial charge in [0.1, 0.15) is 30.1 Å². The van der Waals surface area contributed by atoms with Crippen molar-refractivity contribution < 1.29 is 0 Å². The Hall–Kier alpha value is -2.97. The molecular weight excluding hydrogens is 306 g/mol. The van der Waals surface area contributed by atoms with E-state index in [0.29, 0.717) is 5.92 Å². The molecule has 0 aromatic carbocycles. The lowest BCUT2D eigenvalue weighted by molar-refractivity contribution is 0.424. The Kier molecular flexibility index (Phi) is 3.60. The first-order chi connectivity index (χ1) is 11.7. The monoisotopic (exact) mass is 325 g/mol. The quantitative estimate of drug-likeness (QED) is 0.727. The molecule has 0 unspecified atom stereocenters. The summed E-state index contributed by atoms with van der Waals surface area (Å²) in [6.07, 6.45) is 3.21. The normalized spacial score (nSPS) is 14.7. The number of aromatic nitrogens is 6. The summed E-state index contributed by atoms with van der Waals surface area (Å²) in [5, 5.41) is 15.7. The zero-order chi connectivity index (χ0) is 16.5. The molecule has 1 saturated heterocycles. The van der Waals surface area contributed by atoms with Gasteiger partial charge in [-0.25, -0.2) is 9.97 Å². The molecule has 1 aliphatic heterocycles. The van der Waals surface area contributed by atoms with E-state index in [-0.39, 0.29) is 0 Å². The second kappa shape index (κ2) is 5.91. The van der Waals surface area contributed by atoms with Gasteiger partial charge in [-0.3, -0.25) is 0 Å². The summed E-state index contributed by atoms with van der Waals surface area (Å²) in [5.74, 6) is 3.28. The average Bonchev–Trinajstić information content (AvgIpc) is 3.01. The molecule has 0 aliphatic carbocycles. The Bertz CT molecular complexity index is 838. The molecule has 3 aromatic rings. The third-order valence-electron chi connectivity index (χ3n) is 4.11. The van der Waals surface area contributed by atoms with Gasteiger partial charge in [-0.05, 0) is 12.1 Å². The molecule has 124 valence electrons. The molecule has 4 heterocycles. The molecule has 0 radical (unpaired) electrons. The minimum absolute atomic E-state index is 0.571. The lowest BCUT2D eigenvalue weighted by atomic mass is 10.0. The van der Waals surface area contributed by atoms with Crippen LogP contribution in [-0.4, -0.2) is 63.5 Å². The minimum Gasteiger partial charge on any atom is -0.369 e. The molecule has 24 heavy (non-hydrogen) atoms. The van der Waals surface area contributed by atoms with Gasteiger partial charge >= 0.3 is 0 Å². The fraction of sp³-hybridized carbons (Fsp3) is 0.400. The molecule has 9 heteroatoms. The van der Waals surface area contributed by atoms with Gasteiger partial charge in [-0.15, -0.1) is 15.3 Å². The highest BCUT2D eigenvalue weighted by molar-refractivity contribution is 5.49. The van der Waals surface area contributed by atoms with Gasteiger partial charge in [0.15, 0.2) is 5.65 Å². The van der Waals surface area contributed by atoms with Gasteiger partial charge < -0.3 is 15.1 Å². The maximum atomic E-state index is 4.51. The Morgan fingerprint density at radius 3 is 2.96 bits per heavy atom. The van der Waals surface area contributed by atoms with Crippen molar-refractivity contribution in [2.45, 2.75) is 0 Å². The molecule has 1 fully saturated rings. The van der Waals surface area contributed by atoms with Gasteiger partial charge in [0.05, 0.1) is 0 Å². The number of fused-ring (bicyclic) bond motifs is 1. The van der Waals surface area contributed by atoms with Crippen molar-refractivity contribution in [2.24, 2.45) is 5.92 Å². The van der Waals surface area contributed by atoms with Crippen LogP contribution in [-0.2, 0) is 0 Å². The van der Waals surface area contributed by atoms with Crippen LogP contribution in [0, 0.1) is 5.92 Å². The first-order valence-corrected chi connectivity index (χ1v) is 7.84. The number of rotatable bonds is 5. The van der Waals surface area contributed by atoms with Gasteiger partial charge in [-0.2, -0.15) is 4.52 Å². The minimum atomic E-state index is 0.571. The first-order valence-electron chi connectivity index (χ1n) is 7.84. The highest BCUT2D eigenvalue weighted by Crippen LogP contribution is 2.23. The largest absolute Gasteiger partial charge is 0.369 e. The lowest BCUT2D eigenvalue weighted by Crippen LogP contribution is -2.50. The number of nitrogens with one attached hydrogen (secondary N) is 1. The van der Waals surface area contributed by atoms with Gasteiger partial charge in [0.2, 0.25) is 0 Å². The van der Waals surface area contributed by atoms with E-state index in [1.807, 2.05) is 37.2 Å². The van der Waals surface area contributed by atoms with E-state index in [4.69, 9.17) is 0 Å². The molecule has 1 N–H and O–H groups in total. The van der Waals surface area contributed by atoms with Crippen molar-refractivity contribution in [2.75, 3.05) is 48.8 Å². The van der Waals surface area contributed by atoms with E-state index in [1.54, 1.807) is 17.2 Å². The summed E-state index contributed by atoms with van der Waals surface area (Å²) in [7, 11) is 3.94. The first kappa shape index (κ1) is 14.6. The smallest absolute Gasteiger partial charge is 0.177 e. The van der Waals surface area contributed by atoms with Crippen LogP contribution < -0.4 is 15.1 Å². The fourth-order valence-electron chi connectivity index (χ4n) is 2.71. The van der Waals surface area contributed by atoms with Crippen LogP contribution in [0.3, 0.4) is 0 Å². The third-order valence-corrected chi connectivity index (χ3v) is 4.11. The highest BCUT2D eigenvalue weighted by Gasteiger charge is 2.28. The van der Waals surface area contributed by atoms with E-state index >= 15 is 0 Å². The molecule has 0 saturated carbocycles. The van der Waals surface area contributed by atoms with Crippen LogP contribution in [0.4, 0.5) is 17.5 Å². The zero-order valence-corrected chi connectivity index (χ0v) is 13.7. The molecular formula is C15H19N9. The Balaban J connectivity index is 1.32. The van der Waals surface area contributed by atoms with E-state index < -0.39 is 0 Å². The van der Waals surface area contributed by atoms with Crippen molar-refractivity contribution in [1.29, 1.82) is 0 Å². The lowest BCUT2D eigenvalue weighted by Gasteiger charge is -2.40. The molecule has 0 atom stereocenters. The summed E-state index contributed by atoms with van der Waals surface area (Å²) in [6, 6.07) is 5.88. The Labute approximate surface area is 139 Å². The van der Waals surface area contributed by atoms with Crippen LogP contribution >= 0.6 is 0 Å². The van der Waals surface area contributed by atoms with E-state index in [9.17, 15) is 0 Å². The van der Waals surface area contributed by atoms with Crippen LogP contribution in [0.2, 0.25) is 0 Å². The number of hydrogen-bond acceptors (Lipinski definition) is 8. The topological polar surface area (TPSA) is 87.4 Å². The molecule has 1 aliphatic rings. The number of nitrogens with zero attached hydrogens (tertiary/aromatic N) is 8. The van der Waals surface area contributed by atoms with Gasteiger partial charge in [0.25, 0.3) is 0 Å². The van der Waals surface area contributed by atoms with E-state index in [1.165, 1.54) is 0 Å². The molecule has 0 bridgehead atoms. The maximum absolute atomic E-state index is 4.51. The van der Waals surface area contributed by atoms with Crippen molar-refractivity contribution in [1.82, 2.24) is 29.8 Å². The third kappa shape index (κ3) is 2.80. The van der Waals surface area contributed by atoms with Crippen LogP contribution in [0.1, 0.15) is 0 Å². The zero-order valence-electron chi connectivity index (χ0n) is 13.7. The second-order valence-corrected chi connectivity index (χ2v) is 6.13. The summed E-state index contributed by atoms with van der Waals surface area (Å²) in [5.41, 5.74) is 0.762. The van der Waals surface area contributed by atoms with Crippen molar-refractivity contribution in [3.8, 4) is 0 Å². The molecule has 9 nitrogen and oxygen atoms in total. The molecule has 0 amide bonds. The van der Waals surface area contributed by atoms with E-state index in [2.05, 4.69) is 35.5 Å². The predicted molar refractivity (Wildman–Crippen MR) is 91.3 cm³/mol. The highest BCUT2D eigenvalue weighted by atomic mass is 15.4. The standard InChI is InChI=1S/C15H19N9/c1-22(2)15-5-12(17-9-18-15)16-6-11-7-23(8-11)14-4-3-13-20-19-10-24(13)21-14/h3-5,9-11H,6-8H2,1-2H3,(H,16,17,18). The second-order valence-electron chi connectivity index (χ2n) is 6.13. The maximum Gasteiger partial charge on any atom is 0.177 e. The number of hydrogen-bond donors (Lipinski definition) is 1. The summed E-state index contributed by atoms with van der Waals surface area (Å²) in [4.78, 5) is 12.7. The number of anilines is 3. The SMILES string of the molecule is CN(C)c1cc(NCC2CN(c3ccc4nncn4n3)C2)ncn1. The van der Waals surface area contributed by atoms with Crippen molar-refractivity contribution >= 4 is 23.1 Å².